The third-order valence-electron chi connectivity index (χ3n) is 15.7. The van der Waals surface area contributed by atoms with Crippen molar-refractivity contribution >= 4 is 89.6 Å². The van der Waals surface area contributed by atoms with Gasteiger partial charge in [0.15, 0.2) is 8.07 Å². The summed E-state index contributed by atoms with van der Waals surface area (Å²) in [6.07, 6.45) is 0. The summed E-state index contributed by atoms with van der Waals surface area (Å²) in [7, 11) is -3.16. The van der Waals surface area contributed by atoms with E-state index in [9.17, 15) is 0 Å². The first kappa shape index (κ1) is 40.0. The molecule has 2 aliphatic rings. The maximum absolute atomic E-state index is 6.71. The highest BCUT2D eigenvalue weighted by atomic mass is 28.3. The summed E-state index contributed by atoms with van der Waals surface area (Å²) in [5.41, 5.74) is 15.7. The van der Waals surface area contributed by atoms with Gasteiger partial charge in [-0.15, -0.1) is 0 Å². The van der Waals surface area contributed by atoms with Crippen molar-refractivity contribution in [3.05, 3.63) is 289 Å². The first-order chi connectivity index (χ1) is 35.2. The molecule has 11 aromatic carbocycles. The molecule has 1 spiro atoms. The Labute approximate surface area is 412 Å². The van der Waals surface area contributed by atoms with Gasteiger partial charge in [-0.25, -0.2) is 0 Å². The lowest BCUT2D eigenvalue weighted by atomic mass is 9.60. The predicted molar refractivity (Wildman–Crippen MR) is 297 cm³/mol. The predicted octanol–water partition coefficient (Wildman–Crippen LogP) is 14.2. The van der Waals surface area contributed by atoms with E-state index in [0.29, 0.717) is 0 Å². The monoisotopic (exact) mass is 920 g/mol. The van der Waals surface area contributed by atoms with E-state index in [2.05, 4.69) is 276 Å². The normalized spacial score (nSPS) is 13.4. The summed E-state index contributed by atoms with van der Waals surface area (Å²) in [4.78, 5) is 2.47. The molecule has 0 saturated carbocycles. The van der Waals surface area contributed by atoms with Crippen LogP contribution >= 0.6 is 0 Å². The zero-order valence-electron chi connectivity index (χ0n) is 38.7. The molecule has 0 aliphatic carbocycles. The van der Waals surface area contributed by atoms with Crippen LogP contribution in [0.25, 0.3) is 60.6 Å². The van der Waals surface area contributed by atoms with E-state index in [-0.39, 0.29) is 0 Å². The molecule has 2 aromatic heterocycles. The largest absolute Gasteiger partial charge is 0.455 e. The number of anilines is 3. The zero-order chi connectivity index (χ0) is 46.7. The van der Waals surface area contributed by atoms with Gasteiger partial charge < -0.3 is 13.9 Å². The minimum Gasteiger partial charge on any atom is -0.455 e. The molecule has 15 rings (SSSR count). The van der Waals surface area contributed by atoms with Gasteiger partial charge in [0.05, 0.1) is 33.5 Å². The summed E-state index contributed by atoms with van der Waals surface area (Å²) >= 11 is 0. The van der Waals surface area contributed by atoms with Gasteiger partial charge in [0, 0.05) is 32.8 Å². The number of fused-ring (bicyclic) bond motifs is 14. The highest BCUT2D eigenvalue weighted by Gasteiger charge is 2.52. The highest BCUT2D eigenvalue weighted by molar-refractivity contribution is 7.20. The average molecular weight is 921 g/mol. The number of para-hydroxylation sites is 7. The van der Waals surface area contributed by atoms with E-state index < -0.39 is 13.5 Å². The summed E-state index contributed by atoms with van der Waals surface area (Å²) < 4.78 is 9.31. The molecule has 2 aliphatic heterocycles. The molecule has 4 heterocycles. The molecular weight excluding hydrogens is 877 g/mol. The fourth-order valence-electron chi connectivity index (χ4n) is 12.9. The lowest BCUT2D eigenvalue weighted by molar-refractivity contribution is 0.670. The fraction of sp³-hybridized carbons (Fsp3) is 0.0149. The first-order valence-corrected chi connectivity index (χ1v) is 26.6. The maximum atomic E-state index is 6.71. The van der Waals surface area contributed by atoms with Crippen LogP contribution in [0.3, 0.4) is 0 Å². The van der Waals surface area contributed by atoms with Crippen LogP contribution in [0.2, 0.25) is 0 Å². The van der Waals surface area contributed by atoms with Crippen molar-refractivity contribution in [2.75, 3.05) is 4.90 Å². The second kappa shape index (κ2) is 15.3. The molecule has 13 aromatic rings. The molecule has 3 nitrogen and oxygen atoms in total. The molecule has 0 amide bonds. The number of hydrogen-bond acceptors (Lipinski definition) is 2. The molecule has 0 saturated heterocycles. The second-order valence-electron chi connectivity index (χ2n) is 19.1. The molecule has 0 unspecified atom stereocenters. The van der Waals surface area contributed by atoms with Gasteiger partial charge in [0.25, 0.3) is 0 Å². The molecule has 0 N–H and O–H groups in total. The number of furan rings is 1. The molecular formula is C67H44N2OSi. The minimum absolute atomic E-state index is 0.662. The number of hydrogen-bond donors (Lipinski definition) is 0. The SMILES string of the molecule is c1ccc(N2c3ccccc3C3(c4ccccc42)c2ccc([Si](c4ccccc4)(c4ccccc4)c4cccc(-c5cccc6c5oc5ccccc56)c4)cc2-n2c4ccccc4c4cccc3c42)cc1. The van der Waals surface area contributed by atoms with Gasteiger partial charge in [-0.3, -0.25) is 0 Å². The summed E-state index contributed by atoms with van der Waals surface area (Å²) in [6.45, 7) is 0. The first-order valence-electron chi connectivity index (χ1n) is 24.6. The number of benzene rings is 11. The average Bonchev–Trinajstić information content (AvgIpc) is 4.00. The number of aromatic nitrogens is 1. The topological polar surface area (TPSA) is 21.3 Å². The van der Waals surface area contributed by atoms with Gasteiger partial charge in [-0.2, -0.15) is 0 Å². The maximum Gasteiger partial charge on any atom is 0.179 e. The highest BCUT2D eigenvalue weighted by Crippen LogP contribution is 2.61. The fourth-order valence-corrected chi connectivity index (χ4v) is 17.7. The van der Waals surface area contributed by atoms with Crippen LogP contribution in [0.1, 0.15) is 22.3 Å². The van der Waals surface area contributed by atoms with Crippen molar-refractivity contribution in [3.8, 4) is 16.8 Å². The van der Waals surface area contributed by atoms with Crippen molar-refractivity contribution in [2.24, 2.45) is 0 Å². The van der Waals surface area contributed by atoms with Crippen LogP contribution in [-0.4, -0.2) is 12.6 Å². The summed E-state index contributed by atoms with van der Waals surface area (Å²) in [5.74, 6) is 0. The Hall–Kier alpha value is -8.96. The second-order valence-corrected chi connectivity index (χ2v) is 22.9. The van der Waals surface area contributed by atoms with Crippen molar-refractivity contribution in [1.82, 2.24) is 4.57 Å². The third kappa shape index (κ3) is 5.42. The van der Waals surface area contributed by atoms with E-state index in [4.69, 9.17) is 4.42 Å². The Balaban J connectivity index is 1.07. The zero-order valence-corrected chi connectivity index (χ0v) is 39.7. The standard InChI is InChI=1S/C67H44N2OSi/c1-4-22-46(23-5-1)68-61-38-15-12-34-56(61)67(57-35-13-16-39-62(57)68)58-42-41-50(44-63(58)69-60-37-14-10-29-52(60)54-32-20-36-59(67)65(54)69)71(47-24-6-2-7-25-47,48-26-8-3-9-27-48)49-28-18-21-45(43-49)51-31-19-33-55-53-30-11-17-40-64(53)70-66(51)55/h1-44H. The van der Waals surface area contributed by atoms with Crippen molar-refractivity contribution in [3.63, 3.8) is 0 Å². The van der Waals surface area contributed by atoms with Gasteiger partial charge >= 0.3 is 0 Å². The van der Waals surface area contributed by atoms with E-state index >= 15 is 0 Å². The Morgan fingerprint density at radius 3 is 1.63 bits per heavy atom. The Kier molecular flexibility index (Phi) is 8.60. The van der Waals surface area contributed by atoms with E-state index in [1.54, 1.807) is 0 Å². The quantitative estimate of drug-likeness (QED) is 0.122. The lowest BCUT2D eigenvalue weighted by Gasteiger charge is -2.49. The third-order valence-corrected chi connectivity index (χ3v) is 20.5. The smallest absolute Gasteiger partial charge is 0.179 e. The van der Waals surface area contributed by atoms with E-state index in [1.165, 1.54) is 81.9 Å². The van der Waals surface area contributed by atoms with Crippen molar-refractivity contribution in [2.45, 2.75) is 5.41 Å². The van der Waals surface area contributed by atoms with Crippen LogP contribution in [0, 0.1) is 0 Å². The minimum atomic E-state index is -3.16. The van der Waals surface area contributed by atoms with Gasteiger partial charge in [-0.1, -0.05) is 224 Å². The molecule has 0 atom stereocenters. The van der Waals surface area contributed by atoms with E-state index in [1.807, 2.05) is 0 Å². The number of nitrogens with zero attached hydrogens (tertiary/aromatic N) is 2. The Morgan fingerprint density at radius 2 is 0.887 bits per heavy atom. The molecule has 332 valence electrons. The summed E-state index contributed by atoms with van der Waals surface area (Å²) in [6, 6.07) is 99.8. The lowest BCUT2D eigenvalue weighted by Crippen LogP contribution is -2.74. The van der Waals surface area contributed by atoms with Crippen molar-refractivity contribution in [1.29, 1.82) is 0 Å². The molecule has 71 heavy (non-hydrogen) atoms. The molecule has 0 fully saturated rings. The van der Waals surface area contributed by atoms with E-state index in [0.717, 1.165) is 38.8 Å². The molecule has 4 heteroatoms. The van der Waals surface area contributed by atoms with Gasteiger partial charge in [0.2, 0.25) is 0 Å². The van der Waals surface area contributed by atoms with Crippen LogP contribution in [0.4, 0.5) is 17.1 Å². The molecule has 0 radical (unpaired) electrons. The van der Waals surface area contributed by atoms with Crippen LogP contribution in [-0.2, 0) is 5.41 Å². The van der Waals surface area contributed by atoms with Crippen LogP contribution in [0.5, 0.6) is 0 Å². The van der Waals surface area contributed by atoms with Gasteiger partial charge in [0.1, 0.15) is 11.2 Å². The van der Waals surface area contributed by atoms with Crippen LogP contribution < -0.4 is 25.6 Å². The van der Waals surface area contributed by atoms with Gasteiger partial charge in [-0.05, 0) is 91.0 Å². The van der Waals surface area contributed by atoms with Crippen LogP contribution in [0.15, 0.2) is 271 Å². The molecule has 0 bridgehead atoms. The Bertz CT molecular complexity index is 4160. The Morgan fingerprint density at radius 1 is 0.352 bits per heavy atom. The number of rotatable bonds is 6. The van der Waals surface area contributed by atoms with Crippen molar-refractivity contribution < 1.29 is 4.42 Å². The summed E-state index contributed by atoms with van der Waals surface area (Å²) in [5, 5.41) is 10.0.